The van der Waals surface area contributed by atoms with E-state index in [0.717, 1.165) is 23.5 Å². The molecule has 0 aliphatic carbocycles. The molecule has 0 unspecified atom stereocenters. The first-order valence-electron chi connectivity index (χ1n) is 6.85. The quantitative estimate of drug-likeness (QED) is 0.804. The number of carbonyl (C=O) groups is 1. The van der Waals surface area contributed by atoms with Gasteiger partial charge in [-0.1, -0.05) is 24.4 Å². The molecule has 114 valence electrons. The van der Waals surface area contributed by atoms with Gasteiger partial charge < -0.3 is 20.1 Å². The fourth-order valence-electron chi connectivity index (χ4n) is 2.34. The minimum atomic E-state index is -0.921. The smallest absolute Gasteiger partial charge is 0.335 e. The Labute approximate surface area is 129 Å². The monoisotopic (exact) mass is 308 g/mol. The molecule has 1 aromatic carbocycles. The van der Waals surface area contributed by atoms with E-state index in [0.29, 0.717) is 6.61 Å². The third-order valence-corrected chi connectivity index (χ3v) is 4.14. The molecule has 2 atom stereocenters. The van der Waals surface area contributed by atoms with Crippen molar-refractivity contribution in [1.82, 2.24) is 10.2 Å². The predicted octanol–water partition coefficient (Wildman–Crippen LogP) is 1.52. The summed E-state index contributed by atoms with van der Waals surface area (Å²) < 4.78 is 5.85. The second-order valence-electron chi connectivity index (χ2n) is 5.37. The Kier molecular flexibility index (Phi) is 5.27. The Bertz CT molecular complexity index is 533. The van der Waals surface area contributed by atoms with Crippen molar-refractivity contribution in [3.8, 4) is 0 Å². The third kappa shape index (κ3) is 4.23. The summed E-state index contributed by atoms with van der Waals surface area (Å²) >= 11 is 5.36. The topological polar surface area (TPSA) is 61.8 Å². The summed E-state index contributed by atoms with van der Waals surface area (Å²) in [5.74, 6) is -0.921. The molecule has 0 amide bonds. The van der Waals surface area contributed by atoms with Crippen LogP contribution in [0.1, 0.15) is 22.3 Å². The van der Waals surface area contributed by atoms with Crippen LogP contribution in [0.25, 0.3) is 0 Å². The van der Waals surface area contributed by atoms with Gasteiger partial charge in [-0.15, -0.1) is 0 Å². The Hall–Kier alpha value is -1.50. The maximum atomic E-state index is 10.9. The lowest BCUT2D eigenvalue weighted by Gasteiger charge is -2.19. The third-order valence-electron chi connectivity index (χ3n) is 3.49. The van der Waals surface area contributed by atoms with Crippen molar-refractivity contribution in [3.05, 3.63) is 35.4 Å². The van der Waals surface area contributed by atoms with E-state index in [2.05, 4.69) is 5.32 Å². The molecule has 1 aromatic rings. The molecular weight excluding hydrogens is 288 g/mol. The molecule has 1 fully saturated rings. The number of rotatable bonds is 5. The first kappa shape index (κ1) is 15.9. The number of carboxylic acids is 1. The molecule has 0 bridgehead atoms. The van der Waals surface area contributed by atoms with Gasteiger partial charge in [-0.25, -0.2) is 4.79 Å². The number of aromatic carboxylic acids is 1. The van der Waals surface area contributed by atoms with Crippen molar-refractivity contribution in [1.29, 1.82) is 0 Å². The molecule has 1 aliphatic rings. The lowest BCUT2D eigenvalue weighted by atomic mass is 10.1. The van der Waals surface area contributed by atoms with Crippen molar-refractivity contribution in [2.45, 2.75) is 25.2 Å². The van der Waals surface area contributed by atoms with Gasteiger partial charge in [-0.05, 0) is 24.1 Å². The van der Waals surface area contributed by atoms with E-state index in [4.69, 9.17) is 22.1 Å². The van der Waals surface area contributed by atoms with Crippen LogP contribution in [0.15, 0.2) is 24.3 Å². The maximum Gasteiger partial charge on any atom is 0.335 e. The van der Waals surface area contributed by atoms with Crippen LogP contribution in [0.4, 0.5) is 0 Å². The second kappa shape index (κ2) is 6.98. The highest BCUT2D eigenvalue weighted by molar-refractivity contribution is 7.80. The fourth-order valence-corrected chi connectivity index (χ4v) is 2.52. The van der Waals surface area contributed by atoms with E-state index in [1.165, 1.54) is 0 Å². The van der Waals surface area contributed by atoms with Crippen molar-refractivity contribution in [2.75, 3.05) is 20.6 Å². The Balaban J connectivity index is 1.86. The van der Waals surface area contributed by atoms with Gasteiger partial charge in [0.25, 0.3) is 0 Å². The van der Waals surface area contributed by atoms with Gasteiger partial charge >= 0.3 is 5.97 Å². The number of thiocarbonyl (C=S) groups is 1. The predicted molar refractivity (Wildman–Crippen MR) is 84.7 cm³/mol. The van der Waals surface area contributed by atoms with Crippen molar-refractivity contribution < 1.29 is 14.6 Å². The van der Waals surface area contributed by atoms with Crippen molar-refractivity contribution >= 4 is 23.2 Å². The first-order chi connectivity index (χ1) is 9.97. The minimum absolute atomic E-state index is 0.0985. The van der Waals surface area contributed by atoms with Crippen LogP contribution in [-0.4, -0.2) is 53.8 Å². The molecule has 2 rings (SSSR count). The molecule has 0 saturated carbocycles. The minimum Gasteiger partial charge on any atom is -0.478 e. The van der Waals surface area contributed by atoms with Crippen LogP contribution in [0.5, 0.6) is 0 Å². The Morgan fingerprint density at radius 1 is 1.52 bits per heavy atom. The second-order valence-corrected chi connectivity index (χ2v) is 5.79. The van der Waals surface area contributed by atoms with E-state index in [1.807, 2.05) is 25.1 Å². The molecule has 1 heterocycles. The zero-order valence-electron chi connectivity index (χ0n) is 12.2. The number of hydrogen-bond acceptors (Lipinski definition) is 4. The van der Waals surface area contributed by atoms with E-state index in [1.54, 1.807) is 18.2 Å². The standard InChI is InChI=1S/C15H20N2O3S/c1-17(2)14(21)13-7-12(8-16-13)20-9-10-4-3-5-11(6-10)15(18)19/h3-6,12-13,16H,7-9H2,1-2H3,(H,18,19)/t12-,13+/m1/s1. The lowest BCUT2D eigenvalue weighted by molar-refractivity contribution is 0.0533. The molecule has 1 aliphatic heterocycles. The zero-order valence-corrected chi connectivity index (χ0v) is 13.0. The number of hydrogen-bond donors (Lipinski definition) is 2. The SMILES string of the molecule is CN(C)C(=S)[C@@H]1C[C@@H](OCc2cccc(C(=O)O)c2)CN1. The number of nitrogens with one attached hydrogen (secondary N) is 1. The molecule has 6 heteroatoms. The van der Waals surface area contributed by atoms with Crippen LogP contribution in [-0.2, 0) is 11.3 Å². The van der Waals surface area contributed by atoms with Crippen LogP contribution in [0, 0.1) is 0 Å². The summed E-state index contributed by atoms with van der Waals surface area (Å²) in [5, 5.41) is 12.3. The van der Waals surface area contributed by atoms with Gasteiger partial charge in [0.15, 0.2) is 0 Å². The summed E-state index contributed by atoms with van der Waals surface area (Å²) in [7, 11) is 3.88. The van der Waals surface area contributed by atoms with Gasteiger partial charge in [0.1, 0.15) is 0 Å². The van der Waals surface area contributed by atoms with Gasteiger partial charge in [-0.3, -0.25) is 0 Å². The lowest BCUT2D eigenvalue weighted by Crippen LogP contribution is -2.38. The largest absolute Gasteiger partial charge is 0.478 e. The van der Waals surface area contributed by atoms with Gasteiger partial charge in [0.2, 0.25) is 0 Å². The van der Waals surface area contributed by atoms with Crippen LogP contribution in [0.3, 0.4) is 0 Å². The summed E-state index contributed by atoms with van der Waals surface area (Å²) in [5.41, 5.74) is 1.15. The van der Waals surface area contributed by atoms with Crippen LogP contribution < -0.4 is 5.32 Å². The molecule has 0 spiro atoms. The van der Waals surface area contributed by atoms with Crippen molar-refractivity contribution in [3.63, 3.8) is 0 Å². The van der Waals surface area contributed by atoms with Gasteiger partial charge in [0, 0.05) is 20.6 Å². The normalized spacial score (nSPS) is 21.2. The molecule has 0 radical (unpaired) electrons. The van der Waals surface area contributed by atoms with E-state index >= 15 is 0 Å². The van der Waals surface area contributed by atoms with Crippen molar-refractivity contribution in [2.24, 2.45) is 0 Å². The molecule has 0 aromatic heterocycles. The highest BCUT2D eigenvalue weighted by Gasteiger charge is 2.28. The molecule has 21 heavy (non-hydrogen) atoms. The summed E-state index contributed by atoms with van der Waals surface area (Å²) in [6, 6.07) is 7.00. The Morgan fingerprint density at radius 3 is 2.95 bits per heavy atom. The number of carboxylic acid groups (broad SMARTS) is 1. The highest BCUT2D eigenvalue weighted by atomic mass is 32.1. The summed E-state index contributed by atoms with van der Waals surface area (Å²) in [6.07, 6.45) is 0.941. The summed E-state index contributed by atoms with van der Waals surface area (Å²) in [4.78, 5) is 13.7. The zero-order chi connectivity index (χ0) is 15.4. The fraction of sp³-hybridized carbons (Fsp3) is 0.467. The van der Waals surface area contributed by atoms with Gasteiger partial charge in [0.05, 0.1) is 29.3 Å². The average Bonchev–Trinajstić information content (AvgIpc) is 2.93. The Morgan fingerprint density at radius 2 is 2.29 bits per heavy atom. The van der Waals surface area contributed by atoms with E-state index in [-0.39, 0.29) is 17.7 Å². The number of benzene rings is 1. The molecule has 1 saturated heterocycles. The number of likely N-dealkylation sites (N-methyl/N-ethyl adjacent to an activating group) is 1. The molecular formula is C15H20N2O3S. The summed E-state index contributed by atoms with van der Waals surface area (Å²) in [6.45, 7) is 1.17. The maximum absolute atomic E-state index is 10.9. The van der Waals surface area contributed by atoms with E-state index in [9.17, 15) is 4.79 Å². The van der Waals surface area contributed by atoms with E-state index < -0.39 is 5.97 Å². The number of ether oxygens (including phenoxy) is 1. The highest BCUT2D eigenvalue weighted by Crippen LogP contribution is 2.15. The number of nitrogens with zero attached hydrogens (tertiary/aromatic N) is 1. The first-order valence-corrected chi connectivity index (χ1v) is 7.26. The van der Waals surface area contributed by atoms with Gasteiger partial charge in [-0.2, -0.15) is 0 Å². The van der Waals surface area contributed by atoms with Crippen LogP contribution >= 0.6 is 12.2 Å². The average molecular weight is 308 g/mol. The van der Waals surface area contributed by atoms with Crippen LogP contribution in [0.2, 0.25) is 0 Å². The molecule has 2 N–H and O–H groups in total. The molecule has 5 nitrogen and oxygen atoms in total.